The Bertz CT molecular complexity index is 500. The Morgan fingerprint density at radius 2 is 1.83 bits per heavy atom. The van der Waals surface area contributed by atoms with Crippen LogP contribution in [0.2, 0.25) is 19.6 Å². The minimum atomic E-state index is -1.30. The molecule has 0 unspecified atom stereocenters. The van der Waals surface area contributed by atoms with Crippen molar-refractivity contribution >= 4 is 13.8 Å². The number of fused-ring (bicyclic) bond motifs is 1. The van der Waals surface area contributed by atoms with Crippen LogP contribution in [0.15, 0.2) is 24.3 Å². The zero-order chi connectivity index (χ0) is 13.4. The van der Waals surface area contributed by atoms with Crippen molar-refractivity contribution < 1.29 is 0 Å². The fraction of sp³-hybridized carbons (Fsp3) is 0.500. The summed E-state index contributed by atoms with van der Waals surface area (Å²) >= 11 is 0. The monoisotopic (exact) mass is 257 g/mol. The summed E-state index contributed by atoms with van der Waals surface area (Å²) in [6, 6.07) is 12.1. The van der Waals surface area contributed by atoms with Crippen LogP contribution in [0.4, 0.5) is 5.69 Å². The second-order valence-corrected chi connectivity index (χ2v) is 11.5. The molecule has 18 heavy (non-hydrogen) atoms. The maximum Gasteiger partial charge on any atom is 0.131 e. The smallest absolute Gasteiger partial charge is 0.131 e. The third kappa shape index (κ3) is 2.79. The molecule has 1 aromatic rings. The van der Waals surface area contributed by atoms with Gasteiger partial charge in [-0.15, -0.1) is 5.54 Å². The first-order valence-corrected chi connectivity index (χ1v) is 10.2. The van der Waals surface area contributed by atoms with Crippen LogP contribution in [0, 0.1) is 11.6 Å². The summed E-state index contributed by atoms with van der Waals surface area (Å²) in [5, 5.41) is 0. The second-order valence-electron chi connectivity index (χ2n) is 6.79. The van der Waals surface area contributed by atoms with Gasteiger partial charge in [0.05, 0.1) is 5.69 Å². The van der Waals surface area contributed by atoms with E-state index in [1.54, 1.807) is 0 Å². The van der Waals surface area contributed by atoms with E-state index in [0.29, 0.717) is 0 Å². The largest absolute Gasteiger partial charge is 0.302 e. The Morgan fingerprint density at radius 3 is 2.50 bits per heavy atom. The summed E-state index contributed by atoms with van der Waals surface area (Å²) in [6.45, 7) is 12.6. The Balaban J connectivity index is 2.39. The molecule has 0 bridgehead atoms. The lowest BCUT2D eigenvalue weighted by Crippen LogP contribution is -2.35. The fourth-order valence-electron chi connectivity index (χ4n) is 2.28. The predicted molar refractivity (Wildman–Crippen MR) is 82.6 cm³/mol. The molecule has 1 aliphatic heterocycles. The van der Waals surface area contributed by atoms with Crippen molar-refractivity contribution in [2.75, 3.05) is 11.4 Å². The zero-order valence-electron chi connectivity index (χ0n) is 12.2. The first-order chi connectivity index (χ1) is 8.30. The number of hydrogen-bond donors (Lipinski definition) is 0. The summed E-state index contributed by atoms with van der Waals surface area (Å²) < 4.78 is 0. The Labute approximate surface area is 112 Å². The quantitative estimate of drug-likeness (QED) is 0.501. The first-order valence-electron chi connectivity index (χ1n) is 6.69. The Morgan fingerprint density at radius 1 is 1.17 bits per heavy atom. The van der Waals surface area contributed by atoms with Crippen molar-refractivity contribution in [1.82, 2.24) is 0 Å². The van der Waals surface area contributed by atoms with Crippen LogP contribution in [-0.4, -0.2) is 14.6 Å². The highest BCUT2D eigenvalue weighted by atomic mass is 28.3. The van der Waals surface area contributed by atoms with E-state index in [-0.39, 0.29) is 5.41 Å². The van der Waals surface area contributed by atoms with Gasteiger partial charge in [-0.25, -0.2) is 0 Å². The molecular formula is C16H23NSi. The summed E-state index contributed by atoms with van der Waals surface area (Å²) in [5.74, 6) is 0. The summed E-state index contributed by atoms with van der Waals surface area (Å²) in [5.41, 5.74) is 6.48. The van der Waals surface area contributed by atoms with E-state index >= 15 is 0 Å². The van der Waals surface area contributed by atoms with Crippen molar-refractivity contribution in [3.05, 3.63) is 29.8 Å². The number of rotatable bonds is 0. The molecule has 0 N–H and O–H groups in total. The average molecular weight is 257 g/mol. The number of benzene rings is 1. The first kappa shape index (κ1) is 13.2. The SMILES string of the molecule is CC1(C)CCN(C#C[Si](C)(C)C)c2ccccc21. The standard InChI is InChI=1S/C16H23NSi/c1-16(2)10-11-17(12-13-18(3,4)5)15-9-7-6-8-14(15)16/h6-9H,10-11H2,1-5H3. The zero-order valence-corrected chi connectivity index (χ0v) is 13.2. The summed E-state index contributed by atoms with van der Waals surface area (Å²) in [6.07, 6.45) is 1.17. The molecular weight excluding hydrogens is 234 g/mol. The minimum absolute atomic E-state index is 0.272. The van der Waals surface area contributed by atoms with Gasteiger partial charge in [0, 0.05) is 12.6 Å². The van der Waals surface area contributed by atoms with Crippen LogP contribution in [0.5, 0.6) is 0 Å². The maximum atomic E-state index is 3.47. The lowest BCUT2D eigenvalue weighted by atomic mass is 9.78. The molecule has 0 fully saturated rings. The third-order valence-electron chi connectivity index (χ3n) is 3.45. The minimum Gasteiger partial charge on any atom is -0.302 e. The molecule has 1 aliphatic rings. The molecule has 0 amide bonds. The molecule has 1 nitrogen and oxygen atoms in total. The molecule has 0 atom stereocenters. The third-order valence-corrected chi connectivity index (χ3v) is 4.31. The molecule has 0 saturated heterocycles. The number of nitrogens with zero attached hydrogens (tertiary/aromatic N) is 1. The van der Waals surface area contributed by atoms with Gasteiger partial charge in [-0.2, -0.15) is 0 Å². The summed E-state index contributed by atoms with van der Waals surface area (Å²) in [7, 11) is -1.30. The molecule has 2 rings (SSSR count). The molecule has 0 saturated carbocycles. The van der Waals surface area contributed by atoms with Gasteiger partial charge in [0.15, 0.2) is 0 Å². The molecule has 0 aliphatic carbocycles. The van der Waals surface area contributed by atoms with Gasteiger partial charge in [-0.3, -0.25) is 0 Å². The Kier molecular flexibility index (Phi) is 3.29. The molecule has 0 radical (unpaired) electrons. The number of hydrogen-bond acceptors (Lipinski definition) is 1. The van der Waals surface area contributed by atoms with E-state index < -0.39 is 8.07 Å². The van der Waals surface area contributed by atoms with Gasteiger partial charge in [-0.1, -0.05) is 51.7 Å². The average Bonchev–Trinajstić information content (AvgIpc) is 2.27. The molecule has 0 aromatic heterocycles. The van der Waals surface area contributed by atoms with Crippen LogP contribution in [0.3, 0.4) is 0 Å². The van der Waals surface area contributed by atoms with E-state index in [2.05, 4.69) is 74.2 Å². The van der Waals surface area contributed by atoms with Gasteiger partial charge in [0.2, 0.25) is 0 Å². The van der Waals surface area contributed by atoms with Crippen molar-refractivity contribution in [2.45, 2.75) is 45.3 Å². The van der Waals surface area contributed by atoms with E-state index in [9.17, 15) is 0 Å². The number of para-hydroxylation sites is 1. The highest BCUT2D eigenvalue weighted by Crippen LogP contribution is 2.38. The predicted octanol–water partition coefficient (Wildman–Crippen LogP) is 4.01. The molecule has 1 heterocycles. The van der Waals surface area contributed by atoms with Crippen LogP contribution in [0.1, 0.15) is 25.8 Å². The molecule has 96 valence electrons. The van der Waals surface area contributed by atoms with E-state index in [0.717, 1.165) is 6.54 Å². The highest BCUT2D eigenvalue weighted by Gasteiger charge is 2.30. The normalized spacial score (nSPS) is 17.7. The molecule has 0 spiro atoms. The molecule has 1 aromatic carbocycles. The highest BCUT2D eigenvalue weighted by molar-refractivity contribution is 6.83. The topological polar surface area (TPSA) is 3.24 Å². The van der Waals surface area contributed by atoms with Gasteiger partial charge >= 0.3 is 0 Å². The van der Waals surface area contributed by atoms with Gasteiger partial charge in [0.25, 0.3) is 0 Å². The van der Waals surface area contributed by atoms with Crippen molar-refractivity contribution in [3.63, 3.8) is 0 Å². The van der Waals surface area contributed by atoms with Crippen molar-refractivity contribution in [2.24, 2.45) is 0 Å². The van der Waals surface area contributed by atoms with E-state index in [1.807, 2.05) is 0 Å². The van der Waals surface area contributed by atoms with Crippen LogP contribution in [0.25, 0.3) is 0 Å². The maximum absolute atomic E-state index is 3.47. The number of anilines is 1. The van der Waals surface area contributed by atoms with Gasteiger partial charge in [-0.05, 0) is 23.5 Å². The fourth-order valence-corrected chi connectivity index (χ4v) is 2.75. The summed E-state index contributed by atoms with van der Waals surface area (Å²) in [4.78, 5) is 2.25. The van der Waals surface area contributed by atoms with E-state index in [1.165, 1.54) is 17.7 Å². The van der Waals surface area contributed by atoms with Crippen LogP contribution < -0.4 is 4.90 Å². The van der Waals surface area contributed by atoms with Crippen molar-refractivity contribution in [3.8, 4) is 11.6 Å². The van der Waals surface area contributed by atoms with Gasteiger partial charge < -0.3 is 4.90 Å². The lowest BCUT2D eigenvalue weighted by Gasteiger charge is -2.37. The lowest BCUT2D eigenvalue weighted by molar-refractivity contribution is 0.468. The molecule has 2 heteroatoms. The second kappa shape index (κ2) is 4.48. The van der Waals surface area contributed by atoms with Crippen molar-refractivity contribution in [1.29, 1.82) is 0 Å². The van der Waals surface area contributed by atoms with Crippen LogP contribution >= 0.6 is 0 Å². The Hall–Kier alpha value is -1.20. The van der Waals surface area contributed by atoms with E-state index in [4.69, 9.17) is 0 Å². The van der Waals surface area contributed by atoms with Gasteiger partial charge in [0.1, 0.15) is 8.07 Å². The van der Waals surface area contributed by atoms with Crippen LogP contribution in [-0.2, 0) is 5.41 Å².